The van der Waals surface area contributed by atoms with E-state index in [0.717, 1.165) is 16.6 Å². The van der Waals surface area contributed by atoms with Crippen LogP contribution in [0.2, 0.25) is 0 Å². The van der Waals surface area contributed by atoms with Crippen LogP contribution in [0.25, 0.3) is 10.9 Å². The zero-order valence-corrected chi connectivity index (χ0v) is 7.36. The molecule has 0 bridgehead atoms. The number of phenolic OH excluding ortho intramolecular Hbond substituents is 1. The Morgan fingerprint density at radius 2 is 2.31 bits per heavy atom. The number of hydrogen-bond donors (Lipinski definition) is 2. The SMILES string of the molecule is Cn1nc2cc(O)ccc2c1CN. The first-order chi connectivity index (χ1) is 6.22. The molecule has 0 aliphatic heterocycles. The Morgan fingerprint density at radius 1 is 1.54 bits per heavy atom. The van der Waals surface area contributed by atoms with Gasteiger partial charge >= 0.3 is 0 Å². The summed E-state index contributed by atoms with van der Waals surface area (Å²) in [5.41, 5.74) is 7.34. The summed E-state index contributed by atoms with van der Waals surface area (Å²) < 4.78 is 1.74. The molecule has 0 spiro atoms. The third-order valence-corrected chi connectivity index (χ3v) is 2.13. The average Bonchev–Trinajstić information content (AvgIpc) is 2.39. The highest BCUT2D eigenvalue weighted by atomic mass is 16.3. The molecule has 4 heteroatoms. The first-order valence-corrected chi connectivity index (χ1v) is 4.07. The van der Waals surface area contributed by atoms with E-state index in [9.17, 15) is 5.11 Å². The number of aryl methyl sites for hydroxylation is 1. The van der Waals surface area contributed by atoms with Crippen LogP contribution in [-0.4, -0.2) is 14.9 Å². The summed E-state index contributed by atoms with van der Waals surface area (Å²) in [6.45, 7) is 0.456. The second-order valence-corrected chi connectivity index (χ2v) is 2.98. The molecule has 0 saturated heterocycles. The van der Waals surface area contributed by atoms with Crippen LogP contribution in [0.15, 0.2) is 18.2 Å². The molecule has 0 atom stereocenters. The van der Waals surface area contributed by atoms with Gasteiger partial charge in [0.15, 0.2) is 0 Å². The largest absolute Gasteiger partial charge is 0.508 e. The number of hydrogen-bond acceptors (Lipinski definition) is 3. The second kappa shape index (κ2) is 2.74. The summed E-state index contributed by atoms with van der Waals surface area (Å²) in [6, 6.07) is 5.11. The van der Waals surface area contributed by atoms with Crippen LogP contribution >= 0.6 is 0 Å². The third kappa shape index (κ3) is 1.15. The van der Waals surface area contributed by atoms with Gasteiger partial charge < -0.3 is 10.8 Å². The van der Waals surface area contributed by atoms with Gasteiger partial charge in [0.2, 0.25) is 0 Å². The summed E-state index contributed by atoms with van der Waals surface area (Å²) in [5, 5.41) is 14.4. The van der Waals surface area contributed by atoms with E-state index in [1.165, 1.54) is 0 Å². The zero-order valence-electron chi connectivity index (χ0n) is 7.36. The van der Waals surface area contributed by atoms with Gasteiger partial charge in [0.05, 0.1) is 11.2 Å². The fourth-order valence-electron chi connectivity index (χ4n) is 1.49. The highest BCUT2D eigenvalue weighted by molar-refractivity contribution is 5.82. The molecule has 2 rings (SSSR count). The van der Waals surface area contributed by atoms with Gasteiger partial charge in [-0.15, -0.1) is 0 Å². The number of benzene rings is 1. The molecular weight excluding hydrogens is 166 g/mol. The molecule has 1 aromatic heterocycles. The van der Waals surface area contributed by atoms with Gasteiger partial charge in [0.25, 0.3) is 0 Å². The smallest absolute Gasteiger partial charge is 0.117 e. The molecule has 4 nitrogen and oxygen atoms in total. The fourth-order valence-corrected chi connectivity index (χ4v) is 1.49. The second-order valence-electron chi connectivity index (χ2n) is 2.98. The zero-order chi connectivity index (χ0) is 9.42. The quantitative estimate of drug-likeness (QED) is 0.675. The Morgan fingerprint density at radius 3 is 3.00 bits per heavy atom. The number of aromatic hydroxyl groups is 1. The van der Waals surface area contributed by atoms with Crippen molar-refractivity contribution < 1.29 is 5.11 Å². The Bertz CT molecular complexity index is 447. The minimum Gasteiger partial charge on any atom is -0.508 e. The Balaban J connectivity index is 2.79. The molecule has 1 heterocycles. The van der Waals surface area contributed by atoms with E-state index in [0.29, 0.717) is 6.54 Å². The van der Waals surface area contributed by atoms with Gasteiger partial charge in [0, 0.05) is 25.0 Å². The van der Waals surface area contributed by atoms with Crippen LogP contribution in [0, 0.1) is 0 Å². The predicted octanol–water partition coefficient (Wildman–Crippen LogP) is 0.738. The maximum atomic E-state index is 9.22. The molecule has 0 saturated carbocycles. The van der Waals surface area contributed by atoms with Crippen LogP contribution in [0.4, 0.5) is 0 Å². The molecule has 0 radical (unpaired) electrons. The Hall–Kier alpha value is -1.55. The number of rotatable bonds is 1. The van der Waals surface area contributed by atoms with Crippen LogP contribution in [0.5, 0.6) is 5.75 Å². The van der Waals surface area contributed by atoms with Crippen LogP contribution < -0.4 is 5.73 Å². The Labute approximate surface area is 75.6 Å². The third-order valence-electron chi connectivity index (χ3n) is 2.13. The molecule has 13 heavy (non-hydrogen) atoms. The lowest BCUT2D eigenvalue weighted by atomic mass is 10.2. The van der Waals surface area contributed by atoms with Gasteiger partial charge in [-0.05, 0) is 12.1 Å². The van der Waals surface area contributed by atoms with Crippen molar-refractivity contribution in [2.45, 2.75) is 6.54 Å². The molecule has 3 N–H and O–H groups in total. The van der Waals surface area contributed by atoms with E-state index in [1.54, 1.807) is 16.8 Å². The lowest BCUT2D eigenvalue weighted by Crippen LogP contribution is -2.04. The molecule has 0 fully saturated rings. The lowest BCUT2D eigenvalue weighted by Gasteiger charge is -1.96. The molecule has 0 aliphatic rings. The predicted molar refractivity (Wildman–Crippen MR) is 50.3 cm³/mol. The summed E-state index contributed by atoms with van der Waals surface area (Å²) in [7, 11) is 1.85. The van der Waals surface area contributed by atoms with E-state index in [1.807, 2.05) is 13.1 Å². The number of fused-ring (bicyclic) bond motifs is 1. The van der Waals surface area contributed by atoms with Crippen molar-refractivity contribution in [3.8, 4) is 5.75 Å². The standard InChI is InChI=1S/C9H11N3O/c1-12-9(5-10)7-3-2-6(13)4-8(7)11-12/h2-4,13H,5,10H2,1H3. The number of nitrogens with zero attached hydrogens (tertiary/aromatic N) is 2. The van der Waals surface area contributed by atoms with E-state index in [-0.39, 0.29) is 5.75 Å². The summed E-state index contributed by atoms with van der Waals surface area (Å²) in [5.74, 6) is 0.231. The van der Waals surface area contributed by atoms with Crippen LogP contribution in [-0.2, 0) is 13.6 Å². The van der Waals surface area contributed by atoms with Crippen molar-refractivity contribution in [3.63, 3.8) is 0 Å². The highest BCUT2D eigenvalue weighted by Crippen LogP contribution is 2.21. The van der Waals surface area contributed by atoms with Crippen molar-refractivity contribution in [1.82, 2.24) is 9.78 Å². The van der Waals surface area contributed by atoms with E-state index >= 15 is 0 Å². The molecule has 1 aromatic carbocycles. The van der Waals surface area contributed by atoms with Crippen LogP contribution in [0.3, 0.4) is 0 Å². The number of aromatic nitrogens is 2. The topological polar surface area (TPSA) is 64.1 Å². The Kier molecular flexibility index (Phi) is 1.70. The molecule has 2 aromatic rings. The lowest BCUT2D eigenvalue weighted by molar-refractivity contribution is 0.476. The van der Waals surface area contributed by atoms with Crippen LogP contribution in [0.1, 0.15) is 5.69 Å². The summed E-state index contributed by atoms with van der Waals surface area (Å²) in [6.07, 6.45) is 0. The molecule has 0 aliphatic carbocycles. The van der Waals surface area contributed by atoms with Crippen molar-refractivity contribution in [1.29, 1.82) is 0 Å². The average molecular weight is 177 g/mol. The molecule has 0 amide bonds. The van der Waals surface area contributed by atoms with Gasteiger partial charge in [-0.2, -0.15) is 5.10 Å². The summed E-state index contributed by atoms with van der Waals surface area (Å²) >= 11 is 0. The number of nitrogens with two attached hydrogens (primary N) is 1. The summed E-state index contributed by atoms with van der Waals surface area (Å²) in [4.78, 5) is 0. The first-order valence-electron chi connectivity index (χ1n) is 4.07. The minimum atomic E-state index is 0.231. The minimum absolute atomic E-state index is 0.231. The van der Waals surface area contributed by atoms with E-state index in [4.69, 9.17) is 5.73 Å². The van der Waals surface area contributed by atoms with E-state index in [2.05, 4.69) is 5.10 Å². The number of phenols is 1. The van der Waals surface area contributed by atoms with Crippen molar-refractivity contribution >= 4 is 10.9 Å². The van der Waals surface area contributed by atoms with Gasteiger partial charge in [-0.3, -0.25) is 4.68 Å². The maximum absolute atomic E-state index is 9.22. The molecule has 0 unspecified atom stereocenters. The van der Waals surface area contributed by atoms with Gasteiger partial charge in [-0.25, -0.2) is 0 Å². The molecule has 68 valence electrons. The maximum Gasteiger partial charge on any atom is 0.117 e. The highest BCUT2D eigenvalue weighted by Gasteiger charge is 2.06. The molecular formula is C9H11N3O. The van der Waals surface area contributed by atoms with Crippen molar-refractivity contribution in [3.05, 3.63) is 23.9 Å². The van der Waals surface area contributed by atoms with E-state index < -0.39 is 0 Å². The first kappa shape index (κ1) is 8.07. The van der Waals surface area contributed by atoms with Crippen molar-refractivity contribution in [2.75, 3.05) is 0 Å². The van der Waals surface area contributed by atoms with Crippen molar-refractivity contribution in [2.24, 2.45) is 12.8 Å². The monoisotopic (exact) mass is 177 g/mol. The van der Waals surface area contributed by atoms with Gasteiger partial charge in [0.1, 0.15) is 5.75 Å². The van der Waals surface area contributed by atoms with Gasteiger partial charge in [-0.1, -0.05) is 0 Å². The normalized spacial score (nSPS) is 10.9. The fraction of sp³-hybridized carbons (Fsp3) is 0.222.